The number of carboxylic acid groups (broad SMARTS) is 1. The maximum absolute atomic E-state index is 12.3. The number of ether oxygens (including phenoxy) is 1. The van der Waals surface area contributed by atoms with E-state index in [-0.39, 0.29) is 24.7 Å². The fourth-order valence-corrected chi connectivity index (χ4v) is 3.56. The van der Waals surface area contributed by atoms with Gasteiger partial charge in [0.1, 0.15) is 0 Å². The third-order valence-electron chi connectivity index (χ3n) is 5.14. The first kappa shape index (κ1) is 19.9. The van der Waals surface area contributed by atoms with Gasteiger partial charge in [-0.25, -0.2) is 9.78 Å². The van der Waals surface area contributed by atoms with Crippen molar-refractivity contribution in [3.8, 4) is 5.88 Å². The summed E-state index contributed by atoms with van der Waals surface area (Å²) >= 11 is 0. The molecule has 8 heteroatoms. The van der Waals surface area contributed by atoms with Gasteiger partial charge in [0.05, 0.1) is 19.2 Å². The van der Waals surface area contributed by atoms with Crippen LogP contribution in [0.25, 0.3) is 10.9 Å². The summed E-state index contributed by atoms with van der Waals surface area (Å²) in [7, 11) is 1.57. The van der Waals surface area contributed by atoms with Gasteiger partial charge in [-0.3, -0.25) is 9.69 Å². The standard InChI is InChI=1S/C20H26N4O4/c1-3-24(12-19(25)26)15-9-14(10-15)22-20(27)21-11-13-8-18(28-2)23-17-7-5-4-6-16(13)17/h4-8,14-15H,3,9-12H2,1-2H3,(H,25,26)(H2,21,22,27). The van der Waals surface area contributed by atoms with Gasteiger partial charge in [0.15, 0.2) is 0 Å². The Bertz CT molecular complexity index is 851. The smallest absolute Gasteiger partial charge is 0.317 e. The van der Waals surface area contributed by atoms with Crippen molar-refractivity contribution in [3.63, 3.8) is 0 Å². The van der Waals surface area contributed by atoms with Crippen molar-refractivity contribution < 1.29 is 19.4 Å². The first-order chi connectivity index (χ1) is 13.5. The van der Waals surface area contributed by atoms with E-state index in [4.69, 9.17) is 9.84 Å². The van der Waals surface area contributed by atoms with Crippen LogP contribution in [0, 0.1) is 0 Å². The molecule has 2 aromatic rings. The molecule has 150 valence electrons. The minimum absolute atomic E-state index is 0.0387. The summed E-state index contributed by atoms with van der Waals surface area (Å²) in [5.74, 6) is -0.313. The minimum atomic E-state index is -0.823. The van der Waals surface area contributed by atoms with E-state index in [1.54, 1.807) is 7.11 Å². The number of carbonyl (C=O) groups is 2. The minimum Gasteiger partial charge on any atom is -0.481 e. The summed E-state index contributed by atoms with van der Waals surface area (Å²) in [5, 5.41) is 15.8. The number of aromatic nitrogens is 1. The highest BCUT2D eigenvalue weighted by Crippen LogP contribution is 2.25. The highest BCUT2D eigenvalue weighted by molar-refractivity contribution is 5.83. The van der Waals surface area contributed by atoms with Gasteiger partial charge in [-0.05, 0) is 31.0 Å². The number of urea groups is 1. The van der Waals surface area contributed by atoms with Crippen molar-refractivity contribution in [1.29, 1.82) is 0 Å². The zero-order valence-corrected chi connectivity index (χ0v) is 16.1. The normalized spacial score (nSPS) is 18.5. The Morgan fingerprint density at radius 3 is 2.75 bits per heavy atom. The number of para-hydroxylation sites is 1. The van der Waals surface area contributed by atoms with Gasteiger partial charge in [-0.2, -0.15) is 0 Å². The number of fused-ring (bicyclic) bond motifs is 1. The quantitative estimate of drug-likeness (QED) is 0.641. The molecule has 2 amide bonds. The Morgan fingerprint density at radius 1 is 1.32 bits per heavy atom. The predicted molar refractivity (Wildman–Crippen MR) is 105 cm³/mol. The van der Waals surface area contributed by atoms with E-state index in [0.717, 1.165) is 29.3 Å². The van der Waals surface area contributed by atoms with Crippen LogP contribution in [0.15, 0.2) is 30.3 Å². The van der Waals surface area contributed by atoms with Gasteiger partial charge < -0.3 is 20.5 Å². The van der Waals surface area contributed by atoms with Crippen molar-refractivity contribution in [2.45, 2.75) is 38.4 Å². The molecule has 0 saturated heterocycles. The molecule has 0 bridgehead atoms. The molecule has 1 heterocycles. The molecule has 0 radical (unpaired) electrons. The second kappa shape index (κ2) is 8.88. The number of likely N-dealkylation sites (N-methyl/N-ethyl adjacent to an activating group) is 1. The molecule has 3 rings (SSSR count). The number of aliphatic carboxylic acids is 1. The lowest BCUT2D eigenvalue weighted by Gasteiger charge is -2.42. The average Bonchev–Trinajstić information content (AvgIpc) is 2.66. The largest absolute Gasteiger partial charge is 0.481 e. The fourth-order valence-electron chi connectivity index (χ4n) is 3.56. The van der Waals surface area contributed by atoms with Crippen LogP contribution in [-0.4, -0.2) is 59.3 Å². The number of carbonyl (C=O) groups excluding carboxylic acids is 1. The lowest BCUT2D eigenvalue weighted by atomic mass is 9.85. The van der Waals surface area contributed by atoms with Crippen molar-refractivity contribution in [1.82, 2.24) is 20.5 Å². The van der Waals surface area contributed by atoms with E-state index in [9.17, 15) is 9.59 Å². The van der Waals surface area contributed by atoms with E-state index >= 15 is 0 Å². The highest BCUT2D eigenvalue weighted by atomic mass is 16.5. The zero-order chi connectivity index (χ0) is 20.1. The third-order valence-corrected chi connectivity index (χ3v) is 5.14. The molecule has 8 nitrogen and oxygen atoms in total. The Kier molecular flexibility index (Phi) is 6.30. The second-order valence-electron chi connectivity index (χ2n) is 6.95. The molecule has 0 aliphatic heterocycles. The summed E-state index contributed by atoms with van der Waals surface area (Å²) in [6.45, 7) is 3.04. The molecular weight excluding hydrogens is 360 g/mol. The first-order valence-electron chi connectivity index (χ1n) is 9.43. The first-order valence-corrected chi connectivity index (χ1v) is 9.43. The monoisotopic (exact) mass is 386 g/mol. The predicted octanol–water partition coefficient (Wildman–Crippen LogP) is 1.98. The Hall–Kier alpha value is -2.87. The number of benzene rings is 1. The van der Waals surface area contributed by atoms with Crippen LogP contribution in [0.1, 0.15) is 25.3 Å². The van der Waals surface area contributed by atoms with Crippen LogP contribution in [0.2, 0.25) is 0 Å². The topological polar surface area (TPSA) is 104 Å². The molecule has 0 unspecified atom stereocenters. The molecule has 1 aromatic heterocycles. The van der Waals surface area contributed by atoms with Gasteiger partial charge in [0.25, 0.3) is 0 Å². The van der Waals surface area contributed by atoms with Crippen molar-refractivity contribution >= 4 is 22.9 Å². The molecule has 1 aliphatic rings. The van der Waals surface area contributed by atoms with Crippen molar-refractivity contribution in [2.75, 3.05) is 20.2 Å². The number of pyridine rings is 1. The second-order valence-corrected chi connectivity index (χ2v) is 6.95. The number of carboxylic acids is 1. The molecular formula is C20H26N4O4. The molecule has 1 saturated carbocycles. The van der Waals surface area contributed by atoms with Crippen molar-refractivity contribution in [2.24, 2.45) is 0 Å². The Labute approximate surface area is 163 Å². The Morgan fingerprint density at radius 2 is 2.07 bits per heavy atom. The SMILES string of the molecule is CCN(CC(=O)O)C1CC(NC(=O)NCc2cc(OC)nc3ccccc23)C1. The average molecular weight is 386 g/mol. The van der Waals surface area contributed by atoms with Gasteiger partial charge in [0, 0.05) is 30.1 Å². The summed E-state index contributed by atoms with van der Waals surface area (Å²) in [6, 6.07) is 9.59. The van der Waals surface area contributed by atoms with Crippen LogP contribution in [-0.2, 0) is 11.3 Å². The van der Waals surface area contributed by atoms with Crippen LogP contribution in [0.3, 0.4) is 0 Å². The van der Waals surface area contributed by atoms with Crippen LogP contribution in [0.4, 0.5) is 4.79 Å². The van der Waals surface area contributed by atoms with E-state index in [0.29, 0.717) is 19.0 Å². The van der Waals surface area contributed by atoms with Gasteiger partial charge >= 0.3 is 12.0 Å². The van der Waals surface area contributed by atoms with E-state index in [1.165, 1.54) is 0 Å². The van der Waals surface area contributed by atoms with Gasteiger partial charge in [-0.1, -0.05) is 25.1 Å². The van der Waals surface area contributed by atoms with Crippen LogP contribution >= 0.6 is 0 Å². The molecule has 0 atom stereocenters. The maximum Gasteiger partial charge on any atom is 0.317 e. The lowest BCUT2D eigenvalue weighted by Crippen LogP contribution is -2.56. The number of amides is 2. The van der Waals surface area contributed by atoms with Gasteiger partial charge in [-0.15, -0.1) is 0 Å². The molecule has 1 aliphatic carbocycles. The summed E-state index contributed by atoms with van der Waals surface area (Å²) in [5.41, 5.74) is 1.75. The van der Waals surface area contributed by atoms with Crippen LogP contribution in [0.5, 0.6) is 5.88 Å². The molecule has 1 aromatic carbocycles. The number of methoxy groups -OCH3 is 1. The molecule has 0 spiro atoms. The Balaban J connectivity index is 1.52. The van der Waals surface area contributed by atoms with Crippen LogP contribution < -0.4 is 15.4 Å². The van der Waals surface area contributed by atoms with E-state index < -0.39 is 5.97 Å². The molecule has 3 N–H and O–H groups in total. The number of nitrogens with one attached hydrogen (secondary N) is 2. The van der Waals surface area contributed by atoms with Crippen molar-refractivity contribution in [3.05, 3.63) is 35.9 Å². The summed E-state index contributed by atoms with van der Waals surface area (Å²) in [6.07, 6.45) is 1.53. The lowest BCUT2D eigenvalue weighted by molar-refractivity contribution is -0.139. The molecule has 1 fully saturated rings. The van der Waals surface area contributed by atoms with E-state index in [1.807, 2.05) is 42.2 Å². The number of rotatable bonds is 8. The van der Waals surface area contributed by atoms with Gasteiger partial charge in [0.2, 0.25) is 5.88 Å². The number of hydrogen-bond donors (Lipinski definition) is 3. The number of nitrogens with zero attached hydrogens (tertiary/aromatic N) is 2. The van der Waals surface area contributed by atoms with E-state index in [2.05, 4.69) is 15.6 Å². The molecule has 28 heavy (non-hydrogen) atoms. The summed E-state index contributed by atoms with van der Waals surface area (Å²) in [4.78, 5) is 29.5. The number of hydrogen-bond acceptors (Lipinski definition) is 5. The maximum atomic E-state index is 12.3. The summed E-state index contributed by atoms with van der Waals surface area (Å²) < 4.78 is 5.25. The zero-order valence-electron chi connectivity index (χ0n) is 16.1. The fraction of sp³-hybridized carbons (Fsp3) is 0.450. The third kappa shape index (κ3) is 4.69. The highest BCUT2D eigenvalue weighted by Gasteiger charge is 2.34.